The lowest BCUT2D eigenvalue weighted by molar-refractivity contribution is -0.124. The van der Waals surface area contributed by atoms with Gasteiger partial charge in [-0.2, -0.15) is 10.4 Å². The van der Waals surface area contributed by atoms with Crippen LogP contribution in [0.1, 0.15) is 51.5 Å². The molecule has 2 unspecified atom stereocenters. The van der Waals surface area contributed by atoms with Gasteiger partial charge in [0.25, 0.3) is 5.91 Å². The molecule has 1 fully saturated rings. The first kappa shape index (κ1) is 24.6. The summed E-state index contributed by atoms with van der Waals surface area (Å²) in [6, 6.07) is 7.03. The Morgan fingerprint density at radius 3 is 2.51 bits per heavy atom. The molecule has 178 valence electrons. The standard InChI is InChI=1S/C25H21Cl2N5O3/c1-13-5-18(32-12-17(26)11-31-32)6-14(2)21(13)22-20(33)8-16(24(22)34)3-4-29-25(35)23-19(27)7-15(9-28)10-30-23/h5-7,10-12,16,22H,3-4,8H2,1-2H3,(H,29,35). The van der Waals surface area contributed by atoms with Gasteiger partial charge in [-0.3, -0.25) is 14.4 Å². The quantitative estimate of drug-likeness (QED) is 0.499. The minimum absolute atomic E-state index is 0.00202. The molecule has 1 aromatic carbocycles. The van der Waals surface area contributed by atoms with E-state index in [9.17, 15) is 14.4 Å². The van der Waals surface area contributed by atoms with Crippen LogP contribution >= 0.6 is 23.2 Å². The molecule has 1 amide bonds. The van der Waals surface area contributed by atoms with E-state index in [4.69, 9.17) is 28.5 Å². The SMILES string of the molecule is Cc1cc(-n2cc(Cl)cn2)cc(C)c1C1C(=O)CC(CCNC(=O)c2ncc(C#N)cc2Cl)C1=O. The van der Waals surface area contributed by atoms with E-state index in [2.05, 4.69) is 15.4 Å². The zero-order chi connectivity index (χ0) is 25.3. The predicted octanol–water partition coefficient (Wildman–Crippen LogP) is 4.12. The van der Waals surface area contributed by atoms with Gasteiger partial charge in [0.2, 0.25) is 0 Å². The van der Waals surface area contributed by atoms with Crippen molar-refractivity contribution >= 4 is 40.7 Å². The topological polar surface area (TPSA) is 118 Å². The second-order valence-electron chi connectivity index (χ2n) is 8.51. The first-order valence-corrected chi connectivity index (χ1v) is 11.7. The molecule has 0 radical (unpaired) electrons. The number of pyridine rings is 1. The van der Waals surface area contributed by atoms with Crippen LogP contribution in [-0.2, 0) is 9.59 Å². The fraction of sp³-hybridized carbons (Fsp3) is 0.280. The van der Waals surface area contributed by atoms with Gasteiger partial charge in [-0.05, 0) is 55.2 Å². The number of aryl methyl sites for hydroxylation is 2. The highest BCUT2D eigenvalue weighted by atomic mass is 35.5. The van der Waals surface area contributed by atoms with Crippen LogP contribution in [0, 0.1) is 31.1 Å². The van der Waals surface area contributed by atoms with Crippen molar-refractivity contribution in [2.75, 3.05) is 6.54 Å². The molecule has 35 heavy (non-hydrogen) atoms. The van der Waals surface area contributed by atoms with Crippen LogP contribution in [0.2, 0.25) is 10.0 Å². The van der Waals surface area contributed by atoms with Crippen molar-refractivity contribution in [1.29, 1.82) is 5.26 Å². The number of nitriles is 1. The number of hydrogen-bond acceptors (Lipinski definition) is 6. The zero-order valence-electron chi connectivity index (χ0n) is 19.0. The molecular formula is C25H21Cl2N5O3. The largest absolute Gasteiger partial charge is 0.351 e. The summed E-state index contributed by atoms with van der Waals surface area (Å²) in [6.07, 6.45) is 4.94. The third-order valence-electron chi connectivity index (χ3n) is 6.10. The molecule has 0 spiro atoms. The molecule has 2 atom stereocenters. The second kappa shape index (κ2) is 9.98. The summed E-state index contributed by atoms with van der Waals surface area (Å²) in [4.78, 5) is 42.4. The molecule has 2 heterocycles. The molecule has 1 aliphatic rings. The smallest absolute Gasteiger partial charge is 0.271 e. The van der Waals surface area contributed by atoms with Gasteiger partial charge >= 0.3 is 0 Å². The lowest BCUT2D eigenvalue weighted by atomic mass is 9.87. The van der Waals surface area contributed by atoms with Gasteiger partial charge in [0.15, 0.2) is 5.78 Å². The first-order chi connectivity index (χ1) is 16.7. The Labute approximate surface area is 211 Å². The normalized spacial score (nSPS) is 17.5. The number of ketones is 2. The summed E-state index contributed by atoms with van der Waals surface area (Å²) < 4.78 is 1.64. The van der Waals surface area contributed by atoms with E-state index >= 15 is 0 Å². The van der Waals surface area contributed by atoms with E-state index in [0.717, 1.165) is 22.4 Å². The maximum absolute atomic E-state index is 13.2. The van der Waals surface area contributed by atoms with Gasteiger partial charge in [0, 0.05) is 31.3 Å². The molecule has 1 N–H and O–H groups in total. The molecule has 4 rings (SSSR count). The fourth-order valence-electron chi connectivity index (χ4n) is 4.49. The summed E-state index contributed by atoms with van der Waals surface area (Å²) in [5, 5.41) is 16.4. The molecule has 1 aliphatic carbocycles. The van der Waals surface area contributed by atoms with Gasteiger partial charge in [0.05, 0.1) is 27.5 Å². The number of aromatic nitrogens is 3. The number of nitrogens with one attached hydrogen (secondary N) is 1. The Kier molecular flexibility index (Phi) is 7.01. The maximum atomic E-state index is 13.2. The van der Waals surface area contributed by atoms with Gasteiger partial charge in [-0.25, -0.2) is 9.67 Å². The van der Waals surface area contributed by atoms with E-state index in [1.54, 1.807) is 17.1 Å². The lowest BCUT2D eigenvalue weighted by Gasteiger charge is -2.17. The van der Waals surface area contributed by atoms with Crippen LogP contribution in [0.25, 0.3) is 5.69 Å². The van der Waals surface area contributed by atoms with Crippen LogP contribution in [-0.4, -0.2) is 38.8 Å². The van der Waals surface area contributed by atoms with Gasteiger partial charge in [0.1, 0.15) is 23.5 Å². The number of Topliss-reactive ketones (excluding diaryl/α,β-unsaturated/α-hetero) is 2. The Balaban J connectivity index is 1.44. The van der Waals surface area contributed by atoms with Crippen LogP contribution in [0.15, 0.2) is 36.8 Å². The second-order valence-corrected chi connectivity index (χ2v) is 9.35. The molecule has 0 saturated heterocycles. The average Bonchev–Trinajstić information content (AvgIpc) is 3.36. The van der Waals surface area contributed by atoms with Crippen molar-refractivity contribution < 1.29 is 14.4 Å². The monoisotopic (exact) mass is 509 g/mol. The minimum Gasteiger partial charge on any atom is -0.351 e. The van der Waals surface area contributed by atoms with E-state index in [1.165, 1.54) is 12.3 Å². The molecule has 3 aromatic rings. The van der Waals surface area contributed by atoms with E-state index in [1.807, 2.05) is 32.0 Å². The van der Waals surface area contributed by atoms with Gasteiger partial charge in [-0.15, -0.1) is 0 Å². The summed E-state index contributed by atoms with van der Waals surface area (Å²) in [5.41, 5.74) is 3.43. The third kappa shape index (κ3) is 4.97. The van der Waals surface area contributed by atoms with E-state index in [-0.39, 0.29) is 40.8 Å². The fourth-order valence-corrected chi connectivity index (χ4v) is 4.88. The van der Waals surface area contributed by atoms with Crippen molar-refractivity contribution in [1.82, 2.24) is 20.1 Å². The number of nitrogens with zero attached hydrogens (tertiary/aromatic N) is 4. The zero-order valence-corrected chi connectivity index (χ0v) is 20.5. The number of carbonyl (C=O) groups excluding carboxylic acids is 3. The molecular weight excluding hydrogens is 489 g/mol. The van der Waals surface area contributed by atoms with Gasteiger partial charge in [-0.1, -0.05) is 23.2 Å². The highest BCUT2D eigenvalue weighted by molar-refractivity contribution is 6.33. The Bertz CT molecular complexity index is 1370. The van der Waals surface area contributed by atoms with Crippen LogP contribution in [0.5, 0.6) is 0 Å². The summed E-state index contributed by atoms with van der Waals surface area (Å²) in [6.45, 7) is 3.93. The number of hydrogen-bond donors (Lipinski definition) is 1. The highest BCUT2D eigenvalue weighted by Gasteiger charge is 2.42. The predicted molar refractivity (Wildman–Crippen MR) is 130 cm³/mol. The van der Waals surface area contributed by atoms with Crippen molar-refractivity contribution in [3.05, 3.63) is 74.8 Å². The Hall–Kier alpha value is -3.54. The average molecular weight is 510 g/mol. The Morgan fingerprint density at radius 2 is 1.91 bits per heavy atom. The number of amides is 1. The molecule has 0 aliphatic heterocycles. The lowest BCUT2D eigenvalue weighted by Crippen LogP contribution is -2.28. The summed E-state index contributed by atoms with van der Waals surface area (Å²) in [5.74, 6) is -2.07. The van der Waals surface area contributed by atoms with E-state index in [0.29, 0.717) is 11.4 Å². The van der Waals surface area contributed by atoms with Crippen LogP contribution < -0.4 is 5.32 Å². The highest BCUT2D eigenvalue weighted by Crippen LogP contribution is 2.37. The van der Waals surface area contributed by atoms with E-state index < -0.39 is 17.7 Å². The number of benzene rings is 1. The van der Waals surface area contributed by atoms with Crippen molar-refractivity contribution in [2.24, 2.45) is 5.92 Å². The minimum atomic E-state index is -0.819. The van der Waals surface area contributed by atoms with Crippen LogP contribution in [0.4, 0.5) is 0 Å². The summed E-state index contributed by atoms with van der Waals surface area (Å²) in [7, 11) is 0. The molecule has 2 aromatic heterocycles. The number of rotatable bonds is 6. The first-order valence-electron chi connectivity index (χ1n) is 10.9. The molecule has 0 bridgehead atoms. The molecule has 10 heteroatoms. The number of carbonyl (C=O) groups is 3. The van der Waals surface area contributed by atoms with Crippen molar-refractivity contribution in [3.63, 3.8) is 0 Å². The van der Waals surface area contributed by atoms with Crippen molar-refractivity contribution in [3.8, 4) is 11.8 Å². The van der Waals surface area contributed by atoms with Crippen LogP contribution in [0.3, 0.4) is 0 Å². The Morgan fingerprint density at radius 1 is 1.20 bits per heavy atom. The number of halogens is 2. The molecule has 1 saturated carbocycles. The maximum Gasteiger partial charge on any atom is 0.271 e. The molecule has 8 nitrogen and oxygen atoms in total. The third-order valence-corrected chi connectivity index (χ3v) is 6.59. The van der Waals surface area contributed by atoms with Crippen molar-refractivity contribution in [2.45, 2.75) is 32.6 Å². The van der Waals surface area contributed by atoms with Gasteiger partial charge < -0.3 is 5.32 Å². The summed E-state index contributed by atoms with van der Waals surface area (Å²) >= 11 is 12.0.